The molecule has 0 fully saturated rings. The number of aromatic nitrogens is 2. The zero-order valence-corrected chi connectivity index (χ0v) is 40.1. The third kappa shape index (κ3) is 13.1. The molecule has 1 aliphatic heterocycles. The van der Waals surface area contributed by atoms with Crippen LogP contribution in [0.4, 0.5) is 0 Å². The molecule has 68 heavy (non-hydrogen) atoms. The van der Waals surface area contributed by atoms with Gasteiger partial charge in [0.15, 0.2) is 23.2 Å². The van der Waals surface area contributed by atoms with E-state index >= 15 is 0 Å². The smallest absolute Gasteiger partial charge is 0.226 e. The van der Waals surface area contributed by atoms with E-state index in [4.69, 9.17) is 41.4 Å². The number of benzene rings is 3. The van der Waals surface area contributed by atoms with Crippen molar-refractivity contribution in [1.29, 1.82) is 5.26 Å². The highest BCUT2D eigenvalue weighted by Gasteiger charge is 2.36. The van der Waals surface area contributed by atoms with Crippen LogP contribution >= 0.6 is 0 Å². The van der Waals surface area contributed by atoms with Gasteiger partial charge in [-0.1, -0.05) is 32.9 Å². The molecule has 4 aromatic rings. The highest BCUT2D eigenvalue weighted by Crippen LogP contribution is 2.41. The number of hydrogen-bond acceptors (Lipinski definition) is 14. The lowest BCUT2D eigenvalue weighted by Crippen LogP contribution is -2.46. The highest BCUT2D eigenvalue weighted by atomic mass is 16.5. The topological polar surface area (TPSA) is 256 Å². The van der Waals surface area contributed by atoms with Gasteiger partial charge in [0.05, 0.1) is 35.2 Å². The van der Waals surface area contributed by atoms with Crippen molar-refractivity contribution in [3.05, 3.63) is 88.7 Å². The normalized spacial score (nSPS) is 16.5. The molecular weight excluding hydrogens is 865 g/mol. The van der Waals surface area contributed by atoms with E-state index < -0.39 is 41.5 Å². The minimum atomic E-state index is -1.25. The van der Waals surface area contributed by atoms with Crippen LogP contribution in [0.3, 0.4) is 0 Å². The second-order valence-corrected chi connectivity index (χ2v) is 17.2. The standard InChI is InChI=1S/C52H66N8O8/c1-7-38(8-2)68-39-15-12-35(13-16-39)50-57-32(4)48(33(5)58-50)44(62)30-37(19-21-54)52(65)60(6)49-36-14-18-47(67-25-23-56)41(29-36)40-27-34(11-17-46(40)66-24-22-55)28-42(43(61)10-9-20-53)59-51(64)31(3)26-45(49)63/h11-18,27,29,31,37-38,42,49H,7-10,19,21-26,28,30,54-56H2,1-6H3,(H,59,64)/t31-,37-,42+,49+/m1/s1. The van der Waals surface area contributed by atoms with E-state index in [9.17, 15) is 29.2 Å². The summed E-state index contributed by atoms with van der Waals surface area (Å²) in [6.07, 6.45) is 1.46. The van der Waals surface area contributed by atoms with Crippen LogP contribution in [0.2, 0.25) is 0 Å². The number of ketones is 3. The summed E-state index contributed by atoms with van der Waals surface area (Å²) in [5, 5.41) is 12.1. The predicted molar refractivity (Wildman–Crippen MR) is 259 cm³/mol. The second kappa shape index (κ2) is 25.0. The molecular formula is C52H66N8O8. The number of nitriles is 1. The molecule has 1 aromatic heterocycles. The van der Waals surface area contributed by atoms with Crippen molar-refractivity contribution in [2.24, 2.45) is 29.0 Å². The van der Waals surface area contributed by atoms with Crippen molar-refractivity contribution in [3.8, 4) is 45.8 Å². The first-order valence-corrected chi connectivity index (χ1v) is 23.5. The number of carbonyl (C=O) groups is 5. The van der Waals surface area contributed by atoms with Crippen molar-refractivity contribution in [2.45, 2.75) is 104 Å². The quantitative estimate of drug-likeness (QED) is 0.0708. The van der Waals surface area contributed by atoms with Gasteiger partial charge in [0, 0.05) is 74.3 Å². The van der Waals surface area contributed by atoms with Gasteiger partial charge in [-0.25, -0.2) is 9.97 Å². The summed E-state index contributed by atoms with van der Waals surface area (Å²) in [6.45, 7) is 10.0. The zero-order valence-electron chi connectivity index (χ0n) is 40.1. The number of nitrogens with two attached hydrogens (primary N) is 3. The Bertz CT molecular complexity index is 2440. The number of aryl methyl sites for hydroxylation is 2. The molecule has 1 aliphatic rings. The number of ether oxygens (including phenoxy) is 3. The van der Waals surface area contributed by atoms with Crippen molar-refractivity contribution in [1.82, 2.24) is 20.2 Å². The number of rotatable bonds is 21. The van der Waals surface area contributed by atoms with Crippen LogP contribution in [-0.4, -0.2) is 96.1 Å². The molecule has 0 saturated carbocycles. The third-order valence-electron chi connectivity index (χ3n) is 12.2. The number of nitrogens with zero attached hydrogens (tertiary/aromatic N) is 4. The first-order valence-electron chi connectivity index (χ1n) is 23.5. The fourth-order valence-corrected chi connectivity index (χ4v) is 8.55. The average molecular weight is 931 g/mol. The molecule has 0 aliphatic carbocycles. The van der Waals surface area contributed by atoms with E-state index in [1.165, 1.54) is 11.9 Å². The number of likely N-dealkylation sites (N-methyl/N-ethyl adjacent to an activating group) is 1. The van der Waals surface area contributed by atoms with Crippen molar-refractivity contribution < 1.29 is 38.2 Å². The molecule has 7 N–H and O–H groups in total. The lowest BCUT2D eigenvalue weighted by molar-refractivity contribution is -0.142. The van der Waals surface area contributed by atoms with Crippen LogP contribution in [0, 0.1) is 37.0 Å². The molecule has 5 rings (SSSR count). The summed E-state index contributed by atoms with van der Waals surface area (Å²) in [6, 6.07) is 17.7. The molecule has 16 heteroatoms. The summed E-state index contributed by atoms with van der Waals surface area (Å²) >= 11 is 0. The Kier molecular flexibility index (Phi) is 19.3. The summed E-state index contributed by atoms with van der Waals surface area (Å²) in [5.41, 5.74) is 21.9. The number of carbonyl (C=O) groups excluding carboxylic acids is 5. The number of nitrogens with one attached hydrogen (secondary N) is 1. The second-order valence-electron chi connectivity index (χ2n) is 17.2. The first-order chi connectivity index (χ1) is 32.7. The van der Waals surface area contributed by atoms with Crippen molar-refractivity contribution in [2.75, 3.05) is 39.9 Å². The maximum Gasteiger partial charge on any atom is 0.226 e. The number of hydrogen-bond donors (Lipinski definition) is 4. The summed E-state index contributed by atoms with van der Waals surface area (Å²) in [5.74, 6) is -2.04. The first kappa shape index (κ1) is 52.4. The zero-order chi connectivity index (χ0) is 49.5. The molecule has 0 unspecified atom stereocenters. The van der Waals surface area contributed by atoms with E-state index in [1.807, 2.05) is 36.4 Å². The third-order valence-corrected chi connectivity index (χ3v) is 12.2. The summed E-state index contributed by atoms with van der Waals surface area (Å²) in [4.78, 5) is 82.0. The van der Waals surface area contributed by atoms with Gasteiger partial charge < -0.3 is 41.6 Å². The van der Waals surface area contributed by atoms with Gasteiger partial charge >= 0.3 is 0 Å². The van der Waals surface area contributed by atoms with Crippen molar-refractivity contribution in [3.63, 3.8) is 0 Å². The Hall–Kier alpha value is -6.54. The molecule has 4 atom stereocenters. The lowest BCUT2D eigenvalue weighted by atomic mass is 9.88. The predicted octanol–water partition coefficient (Wildman–Crippen LogP) is 5.92. The van der Waals surface area contributed by atoms with E-state index in [2.05, 4.69) is 19.2 Å². The minimum absolute atomic E-state index is 0.0344. The molecule has 2 amide bonds. The monoisotopic (exact) mass is 931 g/mol. The number of amides is 2. The lowest BCUT2D eigenvalue weighted by Gasteiger charge is -2.32. The van der Waals surface area contributed by atoms with E-state index in [1.54, 1.807) is 51.1 Å². The Morgan fingerprint density at radius 3 is 2.07 bits per heavy atom. The van der Waals surface area contributed by atoms with Crippen LogP contribution in [0.1, 0.15) is 105 Å². The molecule has 0 saturated heterocycles. The Morgan fingerprint density at radius 1 is 0.868 bits per heavy atom. The average Bonchev–Trinajstić information content (AvgIpc) is 3.32. The fraction of sp³-hybridized carbons (Fsp3) is 0.462. The maximum atomic E-state index is 14.8. The molecule has 2 heterocycles. The number of Topliss-reactive ketones (excluding diaryl/α,β-unsaturated/α-hetero) is 3. The van der Waals surface area contributed by atoms with E-state index in [0.29, 0.717) is 56.5 Å². The van der Waals surface area contributed by atoms with Gasteiger partial charge in [0.1, 0.15) is 36.5 Å². The van der Waals surface area contributed by atoms with Gasteiger partial charge in [-0.3, -0.25) is 24.0 Å². The molecule has 0 radical (unpaired) electrons. The number of fused-ring (bicyclic) bond motifs is 5. The van der Waals surface area contributed by atoms with Crippen LogP contribution in [-0.2, 0) is 25.6 Å². The maximum absolute atomic E-state index is 14.8. The van der Waals surface area contributed by atoms with Crippen LogP contribution < -0.4 is 36.7 Å². The van der Waals surface area contributed by atoms with Gasteiger partial charge in [-0.05, 0) is 106 Å². The van der Waals surface area contributed by atoms with Gasteiger partial charge in [-0.15, -0.1) is 0 Å². The fourth-order valence-electron chi connectivity index (χ4n) is 8.55. The Morgan fingerprint density at radius 2 is 1.49 bits per heavy atom. The van der Waals surface area contributed by atoms with E-state index in [0.717, 1.165) is 24.2 Å². The highest BCUT2D eigenvalue weighted by molar-refractivity contribution is 6.01. The summed E-state index contributed by atoms with van der Waals surface area (Å²) < 4.78 is 18.3. The minimum Gasteiger partial charge on any atom is -0.492 e. The Balaban J connectivity index is 1.54. The van der Waals surface area contributed by atoms with Gasteiger partial charge in [-0.2, -0.15) is 5.26 Å². The molecule has 362 valence electrons. The summed E-state index contributed by atoms with van der Waals surface area (Å²) in [7, 11) is 1.50. The van der Waals surface area contributed by atoms with Gasteiger partial charge in [0.25, 0.3) is 0 Å². The molecule has 4 bridgehead atoms. The van der Waals surface area contributed by atoms with Crippen LogP contribution in [0.25, 0.3) is 22.5 Å². The van der Waals surface area contributed by atoms with Crippen LogP contribution in [0.5, 0.6) is 17.2 Å². The SMILES string of the molecule is CCC(CC)Oc1ccc(-c2nc(C)c(C(=O)C[C@@H](CCN)C(=O)N(C)[C@@H]3C(=O)C[C@@H](C)C(=O)N[C@H](C(=O)CCC#N)Cc4ccc(OCCN)c(c4)-c4cc3ccc4OCCN)c(C)n2)cc1. The van der Waals surface area contributed by atoms with Crippen molar-refractivity contribution >= 4 is 29.2 Å². The molecule has 3 aromatic carbocycles. The van der Waals surface area contributed by atoms with Gasteiger partial charge in [0.2, 0.25) is 11.8 Å². The molecule has 16 nitrogen and oxygen atoms in total. The largest absolute Gasteiger partial charge is 0.492 e. The molecule has 0 spiro atoms. The van der Waals surface area contributed by atoms with E-state index in [-0.39, 0.29) is 89.0 Å². The Labute approximate surface area is 399 Å². The van der Waals surface area contributed by atoms with Crippen LogP contribution in [0.15, 0.2) is 60.7 Å².